The summed E-state index contributed by atoms with van der Waals surface area (Å²) in [5.74, 6) is 2.46. The highest BCUT2D eigenvalue weighted by atomic mass is 35.5. The summed E-state index contributed by atoms with van der Waals surface area (Å²) in [5, 5.41) is 3.94. The largest absolute Gasteiger partial charge is 0.492 e. The molecule has 0 saturated heterocycles. The van der Waals surface area contributed by atoms with Crippen molar-refractivity contribution in [3.8, 4) is 5.75 Å². The van der Waals surface area contributed by atoms with Gasteiger partial charge in [-0.1, -0.05) is 11.6 Å². The second kappa shape index (κ2) is 8.34. The number of hydrogen-bond acceptors (Lipinski definition) is 3. The summed E-state index contributed by atoms with van der Waals surface area (Å²) in [7, 11) is 3.71. The Labute approximate surface area is 135 Å². The molecule has 0 fully saturated rings. The summed E-state index contributed by atoms with van der Waals surface area (Å²) in [6, 6.07) is 11.1. The topological polar surface area (TPSA) is 50.0 Å². The van der Waals surface area contributed by atoms with E-state index in [4.69, 9.17) is 20.8 Å². The van der Waals surface area contributed by atoms with Crippen molar-refractivity contribution < 1.29 is 9.15 Å². The van der Waals surface area contributed by atoms with Gasteiger partial charge in [0.15, 0.2) is 5.96 Å². The van der Waals surface area contributed by atoms with E-state index in [2.05, 4.69) is 10.3 Å². The zero-order valence-electron chi connectivity index (χ0n) is 12.8. The maximum absolute atomic E-state index is 5.84. The quantitative estimate of drug-likeness (QED) is 0.656. The van der Waals surface area contributed by atoms with Gasteiger partial charge in [-0.15, -0.1) is 0 Å². The zero-order chi connectivity index (χ0) is 15.8. The first kappa shape index (κ1) is 16.2. The molecule has 2 rings (SSSR count). The van der Waals surface area contributed by atoms with Crippen molar-refractivity contribution in [2.45, 2.75) is 6.54 Å². The Morgan fingerprint density at radius 3 is 2.73 bits per heavy atom. The highest BCUT2D eigenvalue weighted by Crippen LogP contribution is 2.15. The standard InChI is InChI=1S/C16H20ClN3O2/c1-18-16(19-12-15-4-3-10-21-15)20(2)9-11-22-14-7-5-13(17)6-8-14/h3-8,10H,9,11-12H2,1-2H3,(H,18,19). The molecule has 0 bridgehead atoms. The Hall–Kier alpha value is -2.14. The summed E-state index contributed by atoms with van der Waals surface area (Å²) in [6.45, 7) is 1.86. The summed E-state index contributed by atoms with van der Waals surface area (Å²) in [5.41, 5.74) is 0. The summed E-state index contributed by atoms with van der Waals surface area (Å²) in [6.07, 6.45) is 1.66. The van der Waals surface area contributed by atoms with Crippen LogP contribution in [0.3, 0.4) is 0 Å². The van der Waals surface area contributed by atoms with Crippen molar-refractivity contribution in [3.05, 3.63) is 53.4 Å². The highest BCUT2D eigenvalue weighted by Gasteiger charge is 2.06. The first-order chi connectivity index (χ1) is 10.7. The fourth-order valence-electron chi connectivity index (χ4n) is 1.90. The highest BCUT2D eigenvalue weighted by molar-refractivity contribution is 6.30. The van der Waals surface area contributed by atoms with Gasteiger partial charge < -0.3 is 19.4 Å². The first-order valence-corrected chi connectivity index (χ1v) is 7.39. The van der Waals surface area contributed by atoms with Crippen LogP contribution >= 0.6 is 11.6 Å². The number of nitrogens with zero attached hydrogens (tertiary/aromatic N) is 2. The maximum atomic E-state index is 5.84. The van der Waals surface area contributed by atoms with Crippen LogP contribution in [-0.2, 0) is 6.54 Å². The average Bonchev–Trinajstić information content (AvgIpc) is 3.03. The van der Waals surface area contributed by atoms with Gasteiger partial charge in [0.2, 0.25) is 0 Å². The van der Waals surface area contributed by atoms with Gasteiger partial charge in [0.05, 0.1) is 19.4 Å². The number of furan rings is 1. The lowest BCUT2D eigenvalue weighted by atomic mass is 10.3. The van der Waals surface area contributed by atoms with Gasteiger partial charge in [-0.05, 0) is 36.4 Å². The molecule has 5 nitrogen and oxygen atoms in total. The van der Waals surface area contributed by atoms with Crippen LogP contribution in [0.1, 0.15) is 5.76 Å². The molecule has 2 aromatic rings. The van der Waals surface area contributed by atoms with Crippen LogP contribution < -0.4 is 10.1 Å². The van der Waals surface area contributed by atoms with Crippen LogP contribution in [0.2, 0.25) is 5.02 Å². The minimum atomic E-state index is 0.555. The van der Waals surface area contributed by atoms with E-state index in [0.717, 1.165) is 17.5 Å². The molecule has 1 aromatic carbocycles. The Bertz CT molecular complexity index is 582. The van der Waals surface area contributed by atoms with Crippen molar-refractivity contribution >= 4 is 17.6 Å². The normalized spacial score (nSPS) is 11.3. The second-order valence-corrected chi connectivity index (χ2v) is 5.14. The molecule has 6 heteroatoms. The lowest BCUT2D eigenvalue weighted by molar-refractivity contribution is 0.281. The number of aliphatic imine (C=N–C) groups is 1. The van der Waals surface area contributed by atoms with Crippen LogP contribution in [0, 0.1) is 0 Å². The summed E-state index contributed by atoms with van der Waals surface area (Å²) < 4.78 is 11.0. The predicted octanol–water partition coefficient (Wildman–Crippen LogP) is 3.02. The molecule has 1 heterocycles. The molecule has 0 aliphatic carbocycles. The van der Waals surface area contributed by atoms with E-state index in [1.54, 1.807) is 13.3 Å². The molecule has 0 aliphatic rings. The fourth-order valence-corrected chi connectivity index (χ4v) is 2.03. The Balaban J connectivity index is 1.74. The molecule has 0 amide bonds. The van der Waals surface area contributed by atoms with Gasteiger partial charge in [0.1, 0.15) is 18.1 Å². The van der Waals surface area contributed by atoms with E-state index in [1.165, 1.54) is 0 Å². The predicted molar refractivity (Wildman–Crippen MR) is 88.5 cm³/mol. The molecule has 1 N–H and O–H groups in total. The van der Waals surface area contributed by atoms with Crippen molar-refractivity contribution in [1.82, 2.24) is 10.2 Å². The molecule has 0 atom stereocenters. The molecular weight excluding hydrogens is 302 g/mol. The lowest BCUT2D eigenvalue weighted by Gasteiger charge is -2.21. The molecule has 1 aromatic heterocycles. The van der Waals surface area contributed by atoms with Crippen molar-refractivity contribution in [3.63, 3.8) is 0 Å². The Kier molecular flexibility index (Phi) is 6.15. The van der Waals surface area contributed by atoms with E-state index in [9.17, 15) is 0 Å². The molecule has 0 saturated carbocycles. The number of hydrogen-bond donors (Lipinski definition) is 1. The summed E-state index contributed by atoms with van der Waals surface area (Å²) in [4.78, 5) is 6.24. The first-order valence-electron chi connectivity index (χ1n) is 7.01. The molecule has 0 aliphatic heterocycles. The minimum Gasteiger partial charge on any atom is -0.492 e. The molecule has 118 valence electrons. The Morgan fingerprint density at radius 1 is 1.32 bits per heavy atom. The van der Waals surface area contributed by atoms with E-state index >= 15 is 0 Å². The third kappa shape index (κ3) is 5.00. The number of rotatable bonds is 6. The van der Waals surface area contributed by atoms with Gasteiger partial charge in [-0.2, -0.15) is 0 Å². The third-order valence-electron chi connectivity index (χ3n) is 3.08. The van der Waals surface area contributed by atoms with Gasteiger partial charge >= 0.3 is 0 Å². The van der Waals surface area contributed by atoms with Gasteiger partial charge in [0.25, 0.3) is 0 Å². The van der Waals surface area contributed by atoms with Crippen LogP contribution in [0.4, 0.5) is 0 Å². The zero-order valence-corrected chi connectivity index (χ0v) is 13.5. The van der Waals surface area contributed by atoms with Crippen LogP contribution in [0.15, 0.2) is 52.1 Å². The summed E-state index contributed by atoms with van der Waals surface area (Å²) >= 11 is 5.84. The van der Waals surface area contributed by atoms with Gasteiger partial charge in [-0.25, -0.2) is 0 Å². The fraction of sp³-hybridized carbons (Fsp3) is 0.312. The number of nitrogens with one attached hydrogen (secondary N) is 1. The van der Waals surface area contributed by atoms with Crippen molar-refractivity contribution in [2.75, 3.05) is 27.2 Å². The number of benzene rings is 1. The minimum absolute atomic E-state index is 0.555. The van der Waals surface area contributed by atoms with Crippen LogP contribution in [0.5, 0.6) is 5.75 Å². The average molecular weight is 322 g/mol. The number of ether oxygens (including phenoxy) is 1. The number of halogens is 1. The second-order valence-electron chi connectivity index (χ2n) is 4.70. The smallest absolute Gasteiger partial charge is 0.193 e. The monoisotopic (exact) mass is 321 g/mol. The third-order valence-corrected chi connectivity index (χ3v) is 3.34. The van der Waals surface area contributed by atoms with E-state index < -0.39 is 0 Å². The number of guanidine groups is 1. The molecule has 0 radical (unpaired) electrons. The Morgan fingerprint density at radius 2 is 2.09 bits per heavy atom. The molecular formula is C16H20ClN3O2. The lowest BCUT2D eigenvalue weighted by Crippen LogP contribution is -2.40. The molecule has 0 spiro atoms. The SMILES string of the molecule is CN=C(NCc1ccco1)N(C)CCOc1ccc(Cl)cc1. The van der Waals surface area contributed by atoms with E-state index in [0.29, 0.717) is 24.7 Å². The van der Waals surface area contributed by atoms with Crippen molar-refractivity contribution in [1.29, 1.82) is 0 Å². The maximum Gasteiger partial charge on any atom is 0.193 e. The van der Waals surface area contributed by atoms with E-state index in [-0.39, 0.29) is 0 Å². The van der Waals surface area contributed by atoms with E-state index in [1.807, 2.05) is 48.3 Å². The van der Waals surface area contributed by atoms with Gasteiger partial charge in [0, 0.05) is 19.1 Å². The number of likely N-dealkylation sites (N-methyl/N-ethyl adjacent to an activating group) is 1. The van der Waals surface area contributed by atoms with Crippen molar-refractivity contribution in [2.24, 2.45) is 4.99 Å². The van der Waals surface area contributed by atoms with Crippen LogP contribution in [-0.4, -0.2) is 38.1 Å². The van der Waals surface area contributed by atoms with Gasteiger partial charge in [-0.3, -0.25) is 4.99 Å². The molecule has 22 heavy (non-hydrogen) atoms. The van der Waals surface area contributed by atoms with Crippen LogP contribution in [0.25, 0.3) is 0 Å². The molecule has 0 unspecified atom stereocenters.